The first-order chi connectivity index (χ1) is 10.8. The lowest BCUT2D eigenvalue weighted by Gasteiger charge is -2.13. The monoisotopic (exact) mass is 302 g/mol. The minimum absolute atomic E-state index is 0.0139. The number of benzene rings is 1. The van der Waals surface area contributed by atoms with Gasteiger partial charge in [0.1, 0.15) is 6.61 Å². The van der Waals surface area contributed by atoms with E-state index in [4.69, 9.17) is 14.6 Å². The molecule has 5 heteroatoms. The number of hydrogen-bond acceptors (Lipinski definition) is 5. The molecule has 118 valence electrons. The van der Waals surface area contributed by atoms with Crippen LogP contribution in [0.4, 0.5) is 0 Å². The highest BCUT2D eigenvalue weighted by Gasteiger charge is 2.06. The molecule has 0 aliphatic carbocycles. The van der Waals surface area contributed by atoms with E-state index in [1.807, 2.05) is 43.5 Å². The van der Waals surface area contributed by atoms with Crippen molar-refractivity contribution >= 4 is 0 Å². The number of nitrogens with one attached hydrogen (secondary N) is 1. The summed E-state index contributed by atoms with van der Waals surface area (Å²) in [7, 11) is 0. The number of hydrogen-bond donors (Lipinski definition) is 2. The molecule has 0 spiro atoms. The van der Waals surface area contributed by atoms with Crippen molar-refractivity contribution < 1.29 is 14.6 Å². The Labute approximate surface area is 130 Å². The quantitative estimate of drug-likeness (QED) is 0.743. The first kappa shape index (κ1) is 16.3. The number of aliphatic hydroxyl groups excluding tert-OH is 1. The van der Waals surface area contributed by atoms with Crippen LogP contribution < -0.4 is 14.8 Å². The van der Waals surface area contributed by atoms with Gasteiger partial charge < -0.3 is 19.9 Å². The third-order valence-electron chi connectivity index (χ3n) is 3.04. The van der Waals surface area contributed by atoms with Crippen LogP contribution in [0.25, 0.3) is 0 Å². The Morgan fingerprint density at radius 2 is 1.95 bits per heavy atom. The van der Waals surface area contributed by atoms with Crippen molar-refractivity contribution in [2.45, 2.75) is 20.0 Å². The van der Waals surface area contributed by atoms with Crippen LogP contribution in [0.3, 0.4) is 0 Å². The summed E-state index contributed by atoms with van der Waals surface area (Å²) in [6, 6.07) is 9.80. The number of ether oxygens (including phenoxy) is 2. The van der Waals surface area contributed by atoms with Gasteiger partial charge >= 0.3 is 0 Å². The van der Waals surface area contributed by atoms with Crippen LogP contribution in [0.5, 0.6) is 11.5 Å². The molecule has 1 aromatic carbocycles. The Balaban J connectivity index is 1.94. The maximum absolute atomic E-state index is 8.85. The van der Waals surface area contributed by atoms with Crippen LogP contribution in [0.1, 0.15) is 18.1 Å². The molecule has 2 aromatic rings. The number of nitrogens with zero attached hydrogens (tertiary/aromatic N) is 1. The summed E-state index contributed by atoms with van der Waals surface area (Å²) in [5, 5.41) is 12.2. The van der Waals surface area contributed by atoms with Crippen LogP contribution in [-0.4, -0.2) is 29.9 Å². The molecule has 0 saturated carbocycles. The minimum Gasteiger partial charge on any atom is -0.490 e. The van der Waals surface area contributed by atoms with E-state index < -0.39 is 0 Å². The van der Waals surface area contributed by atoms with E-state index in [-0.39, 0.29) is 13.2 Å². The molecule has 1 aromatic heterocycles. The van der Waals surface area contributed by atoms with Gasteiger partial charge in [-0.15, -0.1) is 0 Å². The average Bonchev–Trinajstić information content (AvgIpc) is 2.55. The summed E-state index contributed by atoms with van der Waals surface area (Å²) in [5.74, 6) is 1.36. The molecule has 0 radical (unpaired) electrons. The highest BCUT2D eigenvalue weighted by atomic mass is 16.5. The summed E-state index contributed by atoms with van der Waals surface area (Å²) in [4.78, 5) is 4.09. The molecule has 0 aliphatic heterocycles. The third kappa shape index (κ3) is 5.02. The van der Waals surface area contributed by atoms with Crippen LogP contribution >= 0.6 is 0 Å². The molecule has 22 heavy (non-hydrogen) atoms. The van der Waals surface area contributed by atoms with Gasteiger partial charge in [-0.05, 0) is 36.2 Å². The van der Waals surface area contributed by atoms with Gasteiger partial charge in [0, 0.05) is 25.5 Å². The molecule has 0 atom stereocenters. The summed E-state index contributed by atoms with van der Waals surface area (Å²) in [6.45, 7) is 4.25. The predicted molar refractivity (Wildman–Crippen MR) is 85.0 cm³/mol. The van der Waals surface area contributed by atoms with Crippen molar-refractivity contribution in [1.82, 2.24) is 10.3 Å². The molecule has 0 aliphatic rings. The van der Waals surface area contributed by atoms with Crippen LogP contribution in [-0.2, 0) is 13.1 Å². The second kappa shape index (κ2) is 9.02. The zero-order valence-electron chi connectivity index (χ0n) is 12.8. The Bertz CT molecular complexity index is 561. The standard InChI is InChI=1S/C17H22N2O3/c1-2-21-17-10-14(5-6-16(17)22-9-8-20)11-19-13-15-4-3-7-18-12-15/h3-7,10,12,19-20H,2,8-9,11,13H2,1H3. The van der Waals surface area contributed by atoms with Crippen molar-refractivity contribution in [3.05, 3.63) is 53.9 Å². The molecule has 0 unspecified atom stereocenters. The average molecular weight is 302 g/mol. The van der Waals surface area contributed by atoms with Crippen LogP contribution in [0.2, 0.25) is 0 Å². The highest BCUT2D eigenvalue weighted by molar-refractivity contribution is 5.43. The second-order valence-corrected chi connectivity index (χ2v) is 4.75. The van der Waals surface area contributed by atoms with Gasteiger partial charge in [-0.1, -0.05) is 12.1 Å². The Morgan fingerprint density at radius 1 is 1.09 bits per heavy atom. The van der Waals surface area contributed by atoms with E-state index in [1.54, 1.807) is 6.20 Å². The Hall–Kier alpha value is -2.11. The maximum Gasteiger partial charge on any atom is 0.161 e. The summed E-state index contributed by atoms with van der Waals surface area (Å²) in [6.07, 6.45) is 3.62. The fraction of sp³-hybridized carbons (Fsp3) is 0.353. The van der Waals surface area contributed by atoms with E-state index in [0.717, 1.165) is 24.2 Å². The molecule has 2 N–H and O–H groups in total. The largest absolute Gasteiger partial charge is 0.490 e. The van der Waals surface area contributed by atoms with E-state index in [9.17, 15) is 0 Å². The van der Waals surface area contributed by atoms with Gasteiger partial charge in [-0.2, -0.15) is 0 Å². The first-order valence-electron chi connectivity index (χ1n) is 7.42. The first-order valence-corrected chi connectivity index (χ1v) is 7.42. The van der Waals surface area contributed by atoms with Gasteiger partial charge in [0.15, 0.2) is 11.5 Å². The van der Waals surface area contributed by atoms with Gasteiger partial charge in [0.2, 0.25) is 0 Å². The maximum atomic E-state index is 8.85. The van der Waals surface area contributed by atoms with Crippen molar-refractivity contribution in [2.75, 3.05) is 19.8 Å². The fourth-order valence-electron chi connectivity index (χ4n) is 2.06. The summed E-state index contributed by atoms with van der Waals surface area (Å²) in [5.41, 5.74) is 2.26. The van der Waals surface area contributed by atoms with Crippen molar-refractivity contribution in [2.24, 2.45) is 0 Å². The normalized spacial score (nSPS) is 10.5. The molecular formula is C17H22N2O3. The van der Waals surface area contributed by atoms with Crippen LogP contribution in [0.15, 0.2) is 42.7 Å². The zero-order valence-corrected chi connectivity index (χ0v) is 12.8. The Kier molecular flexibility index (Phi) is 6.67. The van der Waals surface area contributed by atoms with Gasteiger partial charge in [0.25, 0.3) is 0 Å². The second-order valence-electron chi connectivity index (χ2n) is 4.75. The van der Waals surface area contributed by atoms with E-state index in [0.29, 0.717) is 18.1 Å². The van der Waals surface area contributed by atoms with Crippen LogP contribution in [0, 0.1) is 0 Å². The molecule has 1 heterocycles. The number of aliphatic hydroxyl groups is 1. The van der Waals surface area contributed by atoms with Gasteiger partial charge in [-0.25, -0.2) is 0 Å². The van der Waals surface area contributed by atoms with Gasteiger partial charge in [0.05, 0.1) is 13.2 Å². The predicted octanol–water partition coefficient (Wildman–Crippen LogP) is 2.14. The minimum atomic E-state index is -0.0139. The molecule has 2 rings (SSSR count). The molecule has 0 amide bonds. The fourth-order valence-corrected chi connectivity index (χ4v) is 2.06. The third-order valence-corrected chi connectivity index (χ3v) is 3.04. The number of aromatic nitrogens is 1. The SMILES string of the molecule is CCOc1cc(CNCc2cccnc2)ccc1OCCO. The highest BCUT2D eigenvalue weighted by Crippen LogP contribution is 2.28. The van der Waals surface area contributed by atoms with Crippen molar-refractivity contribution in [1.29, 1.82) is 0 Å². The number of rotatable bonds is 9. The smallest absolute Gasteiger partial charge is 0.161 e. The lowest BCUT2D eigenvalue weighted by molar-refractivity contribution is 0.194. The van der Waals surface area contributed by atoms with Gasteiger partial charge in [-0.3, -0.25) is 4.98 Å². The number of pyridine rings is 1. The molecule has 5 nitrogen and oxygen atoms in total. The van der Waals surface area contributed by atoms with E-state index >= 15 is 0 Å². The molecule has 0 fully saturated rings. The van der Waals surface area contributed by atoms with E-state index in [2.05, 4.69) is 10.3 Å². The topological polar surface area (TPSA) is 63.6 Å². The van der Waals surface area contributed by atoms with Crippen molar-refractivity contribution in [3.8, 4) is 11.5 Å². The Morgan fingerprint density at radius 3 is 2.68 bits per heavy atom. The summed E-state index contributed by atoms with van der Waals surface area (Å²) < 4.78 is 11.1. The molecule has 0 bridgehead atoms. The zero-order chi connectivity index (χ0) is 15.6. The lowest BCUT2D eigenvalue weighted by atomic mass is 10.2. The molecular weight excluding hydrogens is 280 g/mol. The lowest BCUT2D eigenvalue weighted by Crippen LogP contribution is -2.13. The van der Waals surface area contributed by atoms with E-state index in [1.165, 1.54) is 0 Å². The van der Waals surface area contributed by atoms with Crippen molar-refractivity contribution in [3.63, 3.8) is 0 Å². The molecule has 0 saturated heterocycles. The summed E-state index contributed by atoms with van der Waals surface area (Å²) >= 11 is 0.